The van der Waals surface area contributed by atoms with Crippen LogP contribution in [0.2, 0.25) is 0 Å². The highest BCUT2D eigenvalue weighted by Gasteiger charge is 2.45. The van der Waals surface area contributed by atoms with Crippen LogP contribution in [-0.4, -0.2) is 68.4 Å². The van der Waals surface area contributed by atoms with Crippen LogP contribution in [0.15, 0.2) is 12.1 Å². The number of hydrogen-bond donors (Lipinski definition) is 1. The Morgan fingerprint density at radius 2 is 1.75 bits per heavy atom. The number of aliphatic hydroxyl groups excluding tert-OH is 1. The van der Waals surface area contributed by atoms with E-state index in [9.17, 15) is 14.7 Å². The number of rotatable bonds is 7. The summed E-state index contributed by atoms with van der Waals surface area (Å²) in [6.45, 7) is 0.837. The second-order valence-electron chi connectivity index (χ2n) is 7.07. The summed E-state index contributed by atoms with van der Waals surface area (Å²) in [7, 11) is 4.48. The summed E-state index contributed by atoms with van der Waals surface area (Å²) in [5.41, 5.74) is 0.405. The first kappa shape index (κ1) is 20.4. The summed E-state index contributed by atoms with van der Waals surface area (Å²) in [4.78, 5) is 29.3. The fraction of sp³-hybridized carbons (Fsp3) is 0.600. The van der Waals surface area contributed by atoms with Gasteiger partial charge in [0.1, 0.15) is 0 Å². The van der Waals surface area contributed by atoms with E-state index >= 15 is 0 Å². The smallest absolute Gasteiger partial charge is 0.251 e. The molecule has 0 unspecified atom stereocenters. The zero-order valence-corrected chi connectivity index (χ0v) is 16.6. The number of amides is 2. The molecule has 154 valence electrons. The summed E-state index contributed by atoms with van der Waals surface area (Å²) >= 11 is 0. The minimum atomic E-state index is -0.497. The molecule has 2 fully saturated rings. The average molecular weight is 392 g/mol. The summed E-state index contributed by atoms with van der Waals surface area (Å²) in [5, 5.41) is 9.36. The molecule has 2 saturated heterocycles. The molecular weight excluding hydrogens is 364 g/mol. The number of hydrogen-bond acceptors (Lipinski definition) is 7. The van der Waals surface area contributed by atoms with Crippen LogP contribution in [0.25, 0.3) is 0 Å². The van der Waals surface area contributed by atoms with E-state index in [1.165, 1.54) is 26.2 Å². The third-order valence-electron chi connectivity index (χ3n) is 5.57. The lowest BCUT2D eigenvalue weighted by Crippen LogP contribution is -2.50. The molecule has 0 aliphatic carbocycles. The average Bonchev–Trinajstić information content (AvgIpc) is 3.01. The Labute approximate surface area is 165 Å². The molecule has 8 heteroatoms. The molecule has 8 nitrogen and oxygen atoms in total. The molecule has 0 aromatic heterocycles. The van der Waals surface area contributed by atoms with Crippen molar-refractivity contribution >= 4 is 17.5 Å². The van der Waals surface area contributed by atoms with Crippen molar-refractivity contribution in [2.75, 3.05) is 39.4 Å². The normalized spacial score (nSPS) is 23.2. The number of imide groups is 1. The van der Waals surface area contributed by atoms with Crippen molar-refractivity contribution in [3.8, 4) is 17.2 Å². The monoisotopic (exact) mass is 392 g/mol. The lowest BCUT2D eigenvalue weighted by atomic mass is 9.97. The Morgan fingerprint density at radius 1 is 1.07 bits per heavy atom. The Morgan fingerprint density at radius 3 is 2.32 bits per heavy atom. The van der Waals surface area contributed by atoms with Crippen LogP contribution >= 0.6 is 0 Å². The molecule has 2 amide bonds. The lowest BCUT2D eigenvalue weighted by molar-refractivity contribution is -0.123. The SMILES string of the molecule is COc1cc(N2C(=O)C[C@@H](N3CCCC[C@@H]3CCO)C2=O)cc(OC)c1OC. The zero-order valence-electron chi connectivity index (χ0n) is 16.6. The van der Waals surface area contributed by atoms with E-state index in [4.69, 9.17) is 14.2 Å². The number of methoxy groups -OCH3 is 3. The molecule has 0 saturated carbocycles. The van der Waals surface area contributed by atoms with E-state index in [1.54, 1.807) is 12.1 Å². The van der Waals surface area contributed by atoms with Gasteiger partial charge >= 0.3 is 0 Å². The summed E-state index contributed by atoms with van der Waals surface area (Å²) < 4.78 is 16.0. The number of piperidine rings is 1. The van der Waals surface area contributed by atoms with E-state index in [0.29, 0.717) is 29.4 Å². The highest BCUT2D eigenvalue weighted by atomic mass is 16.5. The van der Waals surface area contributed by atoms with Gasteiger partial charge in [-0.15, -0.1) is 0 Å². The van der Waals surface area contributed by atoms with E-state index in [1.807, 2.05) is 0 Å². The number of benzene rings is 1. The minimum Gasteiger partial charge on any atom is -0.493 e. The van der Waals surface area contributed by atoms with E-state index < -0.39 is 6.04 Å². The van der Waals surface area contributed by atoms with Crippen molar-refractivity contribution in [2.24, 2.45) is 0 Å². The highest BCUT2D eigenvalue weighted by Crippen LogP contribution is 2.42. The van der Waals surface area contributed by atoms with E-state index in [-0.39, 0.29) is 30.9 Å². The van der Waals surface area contributed by atoms with Crippen molar-refractivity contribution in [1.29, 1.82) is 0 Å². The first-order valence-electron chi connectivity index (χ1n) is 9.59. The molecule has 1 aromatic rings. The van der Waals surface area contributed by atoms with E-state index in [2.05, 4.69) is 4.90 Å². The van der Waals surface area contributed by atoms with Crippen molar-refractivity contribution < 1.29 is 28.9 Å². The van der Waals surface area contributed by atoms with Crippen LogP contribution in [0.5, 0.6) is 17.2 Å². The largest absolute Gasteiger partial charge is 0.493 e. The maximum Gasteiger partial charge on any atom is 0.251 e. The van der Waals surface area contributed by atoms with Gasteiger partial charge in [0.05, 0.1) is 39.5 Å². The molecule has 2 atom stereocenters. The summed E-state index contributed by atoms with van der Waals surface area (Å²) in [6.07, 6.45) is 3.75. The second-order valence-corrected chi connectivity index (χ2v) is 7.07. The van der Waals surface area contributed by atoms with Crippen LogP contribution in [0.3, 0.4) is 0 Å². The van der Waals surface area contributed by atoms with Gasteiger partial charge in [0.2, 0.25) is 11.7 Å². The number of aliphatic hydroxyl groups is 1. The van der Waals surface area contributed by atoms with Gasteiger partial charge in [-0.2, -0.15) is 0 Å². The molecule has 1 N–H and O–H groups in total. The van der Waals surface area contributed by atoms with Gasteiger partial charge in [-0.25, -0.2) is 4.90 Å². The number of anilines is 1. The number of ether oxygens (including phenoxy) is 3. The van der Waals surface area contributed by atoms with Crippen molar-refractivity contribution in [3.63, 3.8) is 0 Å². The number of likely N-dealkylation sites (tertiary alicyclic amines) is 1. The third-order valence-corrected chi connectivity index (χ3v) is 5.57. The Balaban J connectivity index is 1.91. The predicted octanol–water partition coefficient (Wildman–Crippen LogP) is 1.58. The van der Waals surface area contributed by atoms with Crippen molar-refractivity contribution in [2.45, 2.75) is 44.2 Å². The number of carbonyl (C=O) groups excluding carboxylic acids is 2. The number of nitrogens with zero attached hydrogens (tertiary/aromatic N) is 2. The van der Waals surface area contributed by atoms with Gasteiger partial charge in [0.25, 0.3) is 5.91 Å². The second kappa shape index (κ2) is 8.79. The molecule has 0 spiro atoms. The maximum absolute atomic E-state index is 13.2. The fourth-order valence-corrected chi connectivity index (χ4v) is 4.23. The molecule has 3 rings (SSSR count). The third kappa shape index (κ3) is 3.66. The molecular formula is C20H28N2O6. The lowest BCUT2D eigenvalue weighted by Gasteiger charge is -2.38. The molecule has 28 heavy (non-hydrogen) atoms. The molecule has 2 heterocycles. The first-order chi connectivity index (χ1) is 13.5. The van der Waals surface area contributed by atoms with Crippen LogP contribution in [0.4, 0.5) is 5.69 Å². The predicted molar refractivity (Wildman–Crippen MR) is 103 cm³/mol. The molecule has 0 bridgehead atoms. The highest BCUT2D eigenvalue weighted by molar-refractivity contribution is 6.22. The van der Waals surface area contributed by atoms with E-state index in [0.717, 1.165) is 25.8 Å². The zero-order chi connectivity index (χ0) is 20.3. The summed E-state index contributed by atoms with van der Waals surface area (Å²) in [6, 6.07) is 2.85. The standard InChI is InChI=1S/C20H28N2O6/c1-26-16-10-14(11-17(27-2)19(16)28-3)22-18(24)12-15(20(22)25)21-8-5-4-6-13(21)7-9-23/h10-11,13,15,23H,4-9,12H2,1-3H3/t13-,15-/m1/s1. The topological polar surface area (TPSA) is 88.5 Å². The molecule has 0 radical (unpaired) electrons. The van der Waals surface area contributed by atoms with Gasteiger partial charge in [-0.1, -0.05) is 6.42 Å². The fourth-order valence-electron chi connectivity index (χ4n) is 4.23. The van der Waals surface area contributed by atoms with Gasteiger partial charge in [0, 0.05) is 24.8 Å². The molecule has 2 aliphatic rings. The van der Waals surface area contributed by atoms with Crippen molar-refractivity contribution in [1.82, 2.24) is 4.90 Å². The summed E-state index contributed by atoms with van der Waals surface area (Å²) in [5.74, 6) is 0.680. The Bertz CT molecular complexity index is 710. The van der Waals surface area contributed by atoms with Crippen molar-refractivity contribution in [3.05, 3.63) is 12.1 Å². The molecule has 1 aromatic carbocycles. The van der Waals surface area contributed by atoms with Gasteiger partial charge in [0.15, 0.2) is 11.5 Å². The molecule has 2 aliphatic heterocycles. The maximum atomic E-state index is 13.2. The van der Waals surface area contributed by atoms with Gasteiger partial charge in [-0.3, -0.25) is 14.5 Å². The minimum absolute atomic E-state index is 0.0760. The Kier molecular flexibility index (Phi) is 6.41. The van der Waals surface area contributed by atoms with Crippen LogP contribution < -0.4 is 19.1 Å². The number of carbonyl (C=O) groups is 2. The van der Waals surface area contributed by atoms with Gasteiger partial charge < -0.3 is 19.3 Å². The first-order valence-corrected chi connectivity index (χ1v) is 9.59. The van der Waals surface area contributed by atoms with Crippen LogP contribution in [0, 0.1) is 0 Å². The van der Waals surface area contributed by atoms with Gasteiger partial charge in [-0.05, 0) is 25.8 Å². The van der Waals surface area contributed by atoms with Crippen LogP contribution in [-0.2, 0) is 9.59 Å². The van der Waals surface area contributed by atoms with Crippen LogP contribution in [0.1, 0.15) is 32.1 Å². The Hall–Kier alpha value is -2.32. The quantitative estimate of drug-likeness (QED) is 0.705.